The fourth-order valence-corrected chi connectivity index (χ4v) is 5.42. The van der Waals surface area contributed by atoms with Gasteiger partial charge in [-0.3, -0.25) is 9.59 Å². The first-order valence-corrected chi connectivity index (χ1v) is 14.0. The number of carbonyl (C=O) groups excluding carboxylic acids is 1. The van der Waals surface area contributed by atoms with Gasteiger partial charge in [-0.25, -0.2) is 0 Å². The van der Waals surface area contributed by atoms with E-state index in [1.54, 1.807) is 37.4 Å². The molecule has 1 aliphatic heterocycles. The topological polar surface area (TPSA) is 115 Å². The Hall–Kier alpha value is -5.24. The molecule has 2 N–H and O–H groups in total. The summed E-state index contributed by atoms with van der Waals surface area (Å²) >= 11 is 0. The van der Waals surface area contributed by atoms with Crippen molar-refractivity contribution in [3.05, 3.63) is 111 Å². The van der Waals surface area contributed by atoms with E-state index < -0.39 is 28.8 Å². The third kappa shape index (κ3) is 5.16. The zero-order chi connectivity index (χ0) is 30.2. The van der Waals surface area contributed by atoms with Crippen molar-refractivity contribution in [2.75, 3.05) is 7.11 Å². The summed E-state index contributed by atoms with van der Waals surface area (Å²) in [5.41, 5.74) is 3.25. The Balaban J connectivity index is 1.47. The predicted molar refractivity (Wildman–Crippen MR) is 161 cm³/mol. The van der Waals surface area contributed by atoms with Gasteiger partial charge in [-0.1, -0.05) is 74.5 Å². The lowest BCUT2D eigenvalue weighted by atomic mass is 9.84. The second-order valence-corrected chi connectivity index (χ2v) is 10.8. The molecule has 0 amide bonds. The molecule has 5 aromatic rings. The van der Waals surface area contributed by atoms with Crippen LogP contribution in [0.5, 0.6) is 28.7 Å². The van der Waals surface area contributed by atoms with Gasteiger partial charge in [0, 0.05) is 17.5 Å². The quantitative estimate of drug-likeness (QED) is 0.120. The van der Waals surface area contributed by atoms with Crippen LogP contribution in [0.15, 0.2) is 88.1 Å². The van der Waals surface area contributed by atoms with Crippen LogP contribution in [0.1, 0.15) is 54.4 Å². The minimum Gasteiger partial charge on any atom is -0.504 e. The Bertz CT molecular complexity index is 1890. The second kappa shape index (κ2) is 11.2. The molecule has 43 heavy (non-hydrogen) atoms. The number of carbonyl (C=O) groups is 1. The van der Waals surface area contributed by atoms with Crippen LogP contribution in [0.2, 0.25) is 0 Å². The highest BCUT2D eigenvalue weighted by Gasteiger charge is 2.37. The number of phenolic OH excluding ortho intramolecular Hbond substituents is 2. The maximum Gasteiger partial charge on any atom is 0.312 e. The molecular weight excluding hydrogens is 548 g/mol. The number of aromatic hydroxyl groups is 2. The normalized spacial score (nSPS) is 14.4. The van der Waals surface area contributed by atoms with Gasteiger partial charge < -0.3 is 28.8 Å². The van der Waals surface area contributed by atoms with Gasteiger partial charge in [-0.2, -0.15) is 0 Å². The number of methoxy groups -OCH3 is 1. The molecule has 6 rings (SSSR count). The lowest BCUT2D eigenvalue weighted by molar-refractivity contribution is -0.135. The molecule has 0 spiro atoms. The number of hydrogen-bond acceptors (Lipinski definition) is 8. The smallest absolute Gasteiger partial charge is 0.312 e. The average molecular weight is 579 g/mol. The fraction of sp³-hybridized carbons (Fsp3) is 0.200. The van der Waals surface area contributed by atoms with E-state index in [0.29, 0.717) is 28.5 Å². The molecule has 0 bridgehead atoms. The summed E-state index contributed by atoms with van der Waals surface area (Å²) < 4.78 is 23.4. The van der Waals surface area contributed by atoms with Gasteiger partial charge in [-0.15, -0.1) is 0 Å². The number of benzene rings is 4. The standard InChI is InChI=1S/C35H30O8/c1-19(2)21-11-9-20(10-12-21)18-41-28-15-23(13-14-26(28)40-3)24-16-29(37)43-35-30(24)34-31(32(38)33(35)39)25(36)17-27(42-34)22-7-5-4-6-8-22/h4-15,17,19,24,38-39H,16,18H2,1-3H3/t24-/m1/s1. The summed E-state index contributed by atoms with van der Waals surface area (Å²) in [6.07, 6.45) is -0.103. The van der Waals surface area contributed by atoms with Crippen molar-refractivity contribution in [3.63, 3.8) is 0 Å². The van der Waals surface area contributed by atoms with Gasteiger partial charge in [0.2, 0.25) is 5.75 Å². The SMILES string of the molecule is COc1ccc([C@H]2CC(=O)Oc3c(O)c(O)c4c(=O)cc(-c5ccccc5)oc4c32)cc1OCc1ccc(C(C)C)cc1. The summed E-state index contributed by atoms with van der Waals surface area (Å²) in [6, 6.07) is 23.8. The van der Waals surface area contributed by atoms with Crippen molar-refractivity contribution in [3.8, 4) is 40.1 Å². The van der Waals surface area contributed by atoms with Crippen molar-refractivity contribution in [1.82, 2.24) is 0 Å². The highest BCUT2D eigenvalue weighted by atomic mass is 16.5. The number of ether oxygens (including phenoxy) is 3. The maximum atomic E-state index is 13.3. The van der Waals surface area contributed by atoms with E-state index in [4.69, 9.17) is 18.6 Å². The number of esters is 1. The Kier molecular flexibility index (Phi) is 7.27. The number of fused-ring (bicyclic) bond motifs is 3. The number of rotatable bonds is 7. The van der Waals surface area contributed by atoms with Crippen molar-refractivity contribution >= 4 is 16.9 Å². The summed E-state index contributed by atoms with van der Waals surface area (Å²) in [5.74, 6) is -1.33. The molecule has 0 saturated heterocycles. The van der Waals surface area contributed by atoms with Crippen molar-refractivity contribution < 1.29 is 33.6 Å². The van der Waals surface area contributed by atoms with Gasteiger partial charge >= 0.3 is 5.97 Å². The molecule has 218 valence electrons. The van der Waals surface area contributed by atoms with Crippen LogP contribution >= 0.6 is 0 Å². The van der Waals surface area contributed by atoms with Gasteiger partial charge in [-0.05, 0) is 34.7 Å². The van der Waals surface area contributed by atoms with Crippen LogP contribution in [-0.4, -0.2) is 23.3 Å². The molecule has 8 heteroatoms. The molecule has 1 aliphatic rings. The predicted octanol–water partition coefficient (Wildman–Crippen LogP) is 7.02. The Morgan fingerprint density at radius 1 is 0.907 bits per heavy atom. The van der Waals surface area contributed by atoms with Crippen LogP contribution in [0.4, 0.5) is 0 Å². The van der Waals surface area contributed by atoms with Crippen LogP contribution < -0.4 is 19.6 Å². The van der Waals surface area contributed by atoms with E-state index in [2.05, 4.69) is 26.0 Å². The average Bonchev–Trinajstić information content (AvgIpc) is 3.02. The van der Waals surface area contributed by atoms with Gasteiger partial charge in [0.05, 0.1) is 19.1 Å². The minimum absolute atomic E-state index is 0.0256. The lowest BCUT2D eigenvalue weighted by Crippen LogP contribution is -2.22. The van der Waals surface area contributed by atoms with E-state index in [0.717, 1.165) is 5.56 Å². The minimum atomic E-state index is -0.710. The monoisotopic (exact) mass is 578 g/mol. The first-order chi connectivity index (χ1) is 20.7. The van der Waals surface area contributed by atoms with Crippen LogP contribution in [0.25, 0.3) is 22.3 Å². The number of phenols is 2. The van der Waals surface area contributed by atoms with Crippen LogP contribution in [0.3, 0.4) is 0 Å². The first-order valence-electron chi connectivity index (χ1n) is 14.0. The van der Waals surface area contributed by atoms with Crippen LogP contribution in [0, 0.1) is 0 Å². The highest BCUT2D eigenvalue weighted by Crippen LogP contribution is 2.52. The van der Waals surface area contributed by atoms with Gasteiger partial charge in [0.25, 0.3) is 0 Å². The van der Waals surface area contributed by atoms with Crippen molar-refractivity contribution in [1.29, 1.82) is 0 Å². The van der Waals surface area contributed by atoms with E-state index in [1.165, 1.54) is 11.6 Å². The zero-order valence-electron chi connectivity index (χ0n) is 23.9. The third-order valence-corrected chi connectivity index (χ3v) is 7.74. The molecule has 0 unspecified atom stereocenters. The highest BCUT2D eigenvalue weighted by molar-refractivity contribution is 5.96. The van der Waals surface area contributed by atoms with Gasteiger partial charge in [0.15, 0.2) is 28.4 Å². The third-order valence-electron chi connectivity index (χ3n) is 7.74. The maximum absolute atomic E-state index is 13.3. The largest absolute Gasteiger partial charge is 0.504 e. The summed E-state index contributed by atoms with van der Waals surface area (Å²) in [7, 11) is 1.54. The molecule has 1 aromatic heterocycles. The Labute approximate surface area is 247 Å². The van der Waals surface area contributed by atoms with Gasteiger partial charge in [0.1, 0.15) is 23.3 Å². The molecule has 4 aromatic carbocycles. The summed E-state index contributed by atoms with van der Waals surface area (Å²) in [5, 5.41) is 21.5. The molecule has 1 atom stereocenters. The van der Waals surface area contributed by atoms with E-state index >= 15 is 0 Å². The molecule has 8 nitrogen and oxygen atoms in total. The molecule has 0 radical (unpaired) electrons. The van der Waals surface area contributed by atoms with E-state index in [-0.39, 0.29) is 41.1 Å². The van der Waals surface area contributed by atoms with E-state index in [9.17, 15) is 19.8 Å². The summed E-state index contributed by atoms with van der Waals surface area (Å²) in [6.45, 7) is 4.56. The van der Waals surface area contributed by atoms with Crippen molar-refractivity contribution in [2.24, 2.45) is 0 Å². The molecular formula is C35H30O8. The van der Waals surface area contributed by atoms with E-state index in [1.807, 2.05) is 30.3 Å². The second-order valence-electron chi connectivity index (χ2n) is 10.8. The summed E-state index contributed by atoms with van der Waals surface area (Å²) in [4.78, 5) is 26.1. The first kappa shape index (κ1) is 27.9. The van der Waals surface area contributed by atoms with Crippen LogP contribution in [-0.2, 0) is 11.4 Å². The molecule has 0 aliphatic carbocycles. The Morgan fingerprint density at radius 3 is 2.35 bits per heavy atom. The molecule has 2 heterocycles. The van der Waals surface area contributed by atoms with Crippen molar-refractivity contribution in [2.45, 2.75) is 38.7 Å². The lowest BCUT2D eigenvalue weighted by Gasteiger charge is -2.27. The molecule has 0 fully saturated rings. The Morgan fingerprint density at radius 2 is 1.65 bits per heavy atom. The zero-order valence-corrected chi connectivity index (χ0v) is 23.9. The fourth-order valence-electron chi connectivity index (χ4n) is 5.42. The number of hydrogen-bond donors (Lipinski definition) is 2. The molecule has 0 saturated carbocycles.